The summed E-state index contributed by atoms with van der Waals surface area (Å²) in [5.74, 6) is 0.567. The predicted octanol–water partition coefficient (Wildman–Crippen LogP) is 4.70. The average molecular weight is 369 g/mol. The Hall–Kier alpha value is -2.00. The fourth-order valence-electron chi connectivity index (χ4n) is 4.12. The predicted molar refractivity (Wildman–Crippen MR) is 107 cm³/mol. The first-order valence-corrected chi connectivity index (χ1v) is 9.85. The third-order valence-electron chi connectivity index (χ3n) is 5.63. The van der Waals surface area contributed by atoms with Crippen molar-refractivity contribution in [2.75, 3.05) is 25.0 Å². The van der Waals surface area contributed by atoms with E-state index in [1.54, 1.807) is 0 Å². The highest BCUT2D eigenvalue weighted by Crippen LogP contribution is 2.50. The van der Waals surface area contributed by atoms with Gasteiger partial charge in [0.05, 0.1) is 0 Å². The van der Waals surface area contributed by atoms with E-state index >= 15 is 0 Å². The molecule has 3 nitrogen and oxygen atoms in total. The van der Waals surface area contributed by atoms with Crippen LogP contribution in [0.3, 0.4) is 0 Å². The maximum Gasteiger partial charge on any atom is 0.226 e. The van der Waals surface area contributed by atoms with Gasteiger partial charge in [-0.2, -0.15) is 0 Å². The van der Waals surface area contributed by atoms with Crippen molar-refractivity contribution in [1.82, 2.24) is 4.90 Å². The lowest BCUT2D eigenvalue weighted by Crippen LogP contribution is -2.29. The summed E-state index contributed by atoms with van der Waals surface area (Å²) in [6.07, 6.45) is 3.41. The van der Waals surface area contributed by atoms with E-state index in [0.29, 0.717) is 6.54 Å². The van der Waals surface area contributed by atoms with Crippen molar-refractivity contribution in [3.63, 3.8) is 0 Å². The molecule has 0 aromatic heterocycles. The lowest BCUT2D eigenvalue weighted by Gasteiger charge is -2.24. The van der Waals surface area contributed by atoms with Crippen molar-refractivity contribution in [2.45, 2.75) is 31.7 Å². The molecule has 2 fully saturated rings. The lowest BCUT2D eigenvalue weighted by atomic mass is 10.1. The molecule has 4 rings (SSSR count). The van der Waals surface area contributed by atoms with Crippen LogP contribution in [-0.4, -0.2) is 30.9 Å². The molecule has 1 saturated carbocycles. The number of carbonyl (C=O) groups excluding carboxylic acids is 1. The molecule has 136 valence electrons. The molecule has 2 aliphatic rings. The standard InChI is InChI=1S/C22H25ClN2O/c1-24(15-16-8-2-5-11-21(16)25-12-6-7-13-25)22(26)19-14-18(19)17-9-3-4-10-20(17)23/h2-5,8-11,18-19H,6-7,12-15H2,1H3. The second-order valence-electron chi connectivity index (χ2n) is 7.49. The Kier molecular flexibility index (Phi) is 4.90. The van der Waals surface area contributed by atoms with Crippen molar-refractivity contribution in [3.8, 4) is 0 Å². The minimum Gasteiger partial charge on any atom is -0.371 e. The minimum absolute atomic E-state index is 0.0684. The van der Waals surface area contributed by atoms with E-state index in [-0.39, 0.29) is 17.7 Å². The molecule has 2 aromatic rings. The molecular formula is C22H25ClN2O. The number of rotatable bonds is 5. The number of anilines is 1. The largest absolute Gasteiger partial charge is 0.371 e. The van der Waals surface area contributed by atoms with Gasteiger partial charge in [0, 0.05) is 43.3 Å². The van der Waals surface area contributed by atoms with Crippen LogP contribution in [0.1, 0.15) is 36.3 Å². The molecular weight excluding hydrogens is 344 g/mol. The number of hydrogen-bond donors (Lipinski definition) is 0. The van der Waals surface area contributed by atoms with Crippen molar-refractivity contribution >= 4 is 23.2 Å². The van der Waals surface area contributed by atoms with E-state index in [1.165, 1.54) is 24.1 Å². The van der Waals surface area contributed by atoms with Crippen LogP contribution in [0.4, 0.5) is 5.69 Å². The maximum atomic E-state index is 12.9. The normalized spacial score (nSPS) is 21.7. The highest BCUT2D eigenvalue weighted by Gasteiger charge is 2.46. The van der Waals surface area contributed by atoms with Gasteiger partial charge in [0.1, 0.15) is 0 Å². The Balaban J connectivity index is 1.44. The summed E-state index contributed by atoms with van der Waals surface area (Å²) in [6, 6.07) is 16.4. The van der Waals surface area contributed by atoms with Gasteiger partial charge in [0.2, 0.25) is 5.91 Å². The second kappa shape index (κ2) is 7.32. The van der Waals surface area contributed by atoms with Gasteiger partial charge in [-0.3, -0.25) is 4.79 Å². The Labute approximate surface area is 160 Å². The lowest BCUT2D eigenvalue weighted by molar-refractivity contribution is -0.131. The molecule has 4 heteroatoms. The smallest absolute Gasteiger partial charge is 0.226 e. The van der Waals surface area contributed by atoms with Gasteiger partial charge in [0.25, 0.3) is 0 Å². The number of para-hydroxylation sites is 1. The second-order valence-corrected chi connectivity index (χ2v) is 7.89. The summed E-state index contributed by atoms with van der Waals surface area (Å²) in [5, 5.41) is 0.773. The van der Waals surface area contributed by atoms with Crippen LogP contribution in [0, 0.1) is 5.92 Å². The molecule has 1 heterocycles. The molecule has 0 bridgehead atoms. The van der Waals surface area contributed by atoms with Gasteiger partial charge in [-0.15, -0.1) is 0 Å². The topological polar surface area (TPSA) is 23.6 Å². The zero-order valence-corrected chi connectivity index (χ0v) is 16.0. The van der Waals surface area contributed by atoms with Crippen LogP contribution in [-0.2, 0) is 11.3 Å². The molecule has 2 atom stereocenters. The molecule has 1 amide bonds. The average Bonchev–Trinajstić information content (AvgIpc) is 3.25. The quantitative estimate of drug-likeness (QED) is 0.763. The van der Waals surface area contributed by atoms with Crippen LogP contribution in [0.15, 0.2) is 48.5 Å². The number of halogens is 1. The van der Waals surface area contributed by atoms with Crippen LogP contribution in [0.2, 0.25) is 5.02 Å². The summed E-state index contributed by atoms with van der Waals surface area (Å²) < 4.78 is 0. The molecule has 0 radical (unpaired) electrons. The molecule has 1 aliphatic carbocycles. The number of hydrogen-bond acceptors (Lipinski definition) is 2. The van der Waals surface area contributed by atoms with Gasteiger partial charge in [-0.25, -0.2) is 0 Å². The van der Waals surface area contributed by atoms with E-state index in [4.69, 9.17) is 11.6 Å². The zero-order chi connectivity index (χ0) is 18.1. The monoisotopic (exact) mass is 368 g/mol. The van der Waals surface area contributed by atoms with Crippen LogP contribution < -0.4 is 4.90 Å². The van der Waals surface area contributed by atoms with Crippen LogP contribution >= 0.6 is 11.6 Å². The van der Waals surface area contributed by atoms with Gasteiger partial charge >= 0.3 is 0 Å². The molecule has 0 spiro atoms. The molecule has 26 heavy (non-hydrogen) atoms. The SMILES string of the molecule is CN(Cc1ccccc1N1CCCC1)C(=O)C1CC1c1ccccc1Cl. The van der Waals surface area contributed by atoms with Crippen LogP contribution in [0.5, 0.6) is 0 Å². The fourth-order valence-corrected chi connectivity index (χ4v) is 4.39. The van der Waals surface area contributed by atoms with Crippen molar-refractivity contribution in [3.05, 3.63) is 64.7 Å². The summed E-state index contributed by atoms with van der Waals surface area (Å²) in [4.78, 5) is 17.2. The highest BCUT2D eigenvalue weighted by atomic mass is 35.5. The first-order valence-electron chi connectivity index (χ1n) is 9.47. The summed E-state index contributed by atoms with van der Waals surface area (Å²) >= 11 is 6.30. The zero-order valence-electron chi connectivity index (χ0n) is 15.2. The Morgan fingerprint density at radius 3 is 2.58 bits per heavy atom. The van der Waals surface area contributed by atoms with E-state index in [0.717, 1.165) is 30.1 Å². The van der Waals surface area contributed by atoms with Crippen molar-refractivity contribution in [2.24, 2.45) is 5.92 Å². The molecule has 0 N–H and O–H groups in total. The summed E-state index contributed by atoms with van der Waals surface area (Å²) in [5.41, 5.74) is 3.63. The first kappa shape index (κ1) is 17.4. The number of benzene rings is 2. The number of nitrogens with zero attached hydrogens (tertiary/aromatic N) is 2. The minimum atomic E-state index is 0.0684. The van der Waals surface area contributed by atoms with Crippen molar-refractivity contribution in [1.29, 1.82) is 0 Å². The highest BCUT2D eigenvalue weighted by molar-refractivity contribution is 6.31. The maximum absolute atomic E-state index is 12.9. The molecule has 1 aliphatic heterocycles. The van der Waals surface area contributed by atoms with Gasteiger partial charge in [-0.1, -0.05) is 48.0 Å². The van der Waals surface area contributed by atoms with Gasteiger partial charge in [-0.05, 0) is 48.4 Å². The number of carbonyl (C=O) groups is 1. The first-order chi connectivity index (χ1) is 12.6. The van der Waals surface area contributed by atoms with Gasteiger partial charge in [0.15, 0.2) is 0 Å². The van der Waals surface area contributed by atoms with E-state index in [1.807, 2.05) is 36.2 Å². The Bertz CT molecular complexity index is 800. The van der Waals surface area contributed by atoms with E-state index in [2.05, 4.69) is 29.2 Å². The fraction of sp³-hybridized carbons (Fsp3) is 0.409. The Morgan fingerprint density at radius 1 is 1.12 bits per heavy atom. The third kappa shape index (κ3) is 3.45. The van der Waals surface area contributed by atoms with E-state index < -0.39 is 0 Å². The van der Waals surface area contributed by atoms with Gasteiger partial charge < -0.3 is 9.80 Å². The molecule has 1 saturated heterocycles. The molecule has 2 unspecified atom stereocenters. The summed E-state index contributed by atoms with van der Waals surface area (Å²) in [6.45, 7) is 2.90. The van der Waals surface area contributed by atoms with Crippen LogP contribution in [0.25, 0.3) is 0 Å². The Morgan fingerprint density at radius 2 is 1.81 bits per heavy atom. The third-order valence-corrected chi connectivity index (χ3v) is 5.98. The summed E-state index contributed by atoms with van der Waals surface area (Å²) in [7, 11) is 1.92. The van der Waals surface area contributed by atoms with Crippen molar-refractivity contribution < 1.29 is 4.79 Å². The molecule has 2 aromatic carbocycles. The van der Waals surface area contributed by atoms with E-state index in [9.17, 15) is 4.79 Å². The number of amides is 1.